The van der Waals surface area contributed by atoms with Crippen molar-refractivity contribution < 1.29 is 19.2 Å². The summed E-state index contributed by atoms with van der Waals surface area (Å²) in [4.78, 5) is 26.9. The highest BCUT2D eigenvalue weighted by molar-refractivity contribution is 5.88. The van der Waals surface area contributed by atoms with Crippen molar-refractivity contribution in [3.05, 3.63) is 70.8 Å². The van der Waals surface area contributed by atoms with Gasteiger partial charge < -0.3 is 19.7 Å². The van der Waals surface area contributed by atoms with Crippen molar-refractivity contribution in [2.75, 3.05) is 18.2 Å². The van der Waals surface area contributed by atoms with Gasteiger partial charge in [0.2, 0.25) is 12.7 Å². The van der Waals surface area contributed by atoms with Crippen LogP contribution in [0.3, 0.4) is 0 Å². The Kier molecular flexibility index (Phi) is 6.06. The summed E-state index contributed by atoms with van der Waals surface area (Å²) in [6, 6.07) is 11.4. The molecule has 0 spiro atoms. The number of fused-ring (bicyclic) bond motifs is 1. The number of nitrogens with zero attached hydrogens (tertiary/aromatic N) is 2. The second-order valence-electron chi connectivity index (χ2n) is 7.69. The predicted octanol–water partition coefficient (Wildman–Crippen LogP) is 4.12. The van der Waals surface area contributed by atoms with Crippen LogP contribution in [0.4, 0.5) is 11.4 Å². The van der Waals surface area contributed by atoms with Crippen LogP contribution in [-0.2, 0) is 4.79 Å². The molecule has 1 amide bonds. The molecule has 0 bridgehead atoms. The van der Waals surface area contributed by atoms with E-state index >= 15 is 0 Å². The molecular formula is C23H25N3O5. The van der Waals surface area contributed by atoms with Gasteiger partial charge in [-0.05, 0) is 31.0 Å². The largest absolute Gasteiger partial charge is 0.454 e. The third-order valence-corrected chi connectivity index (χ3v) is 5.69. The number of carbonyl (C=O) groups is 1. The molecule has 1 fully saturated rings. The number of amides is 1. The van der Waals surface area contributed by atoms with E-state index in [0.717, 1.165) is 31.4 Å². The lowest BCUT2D eigenvalue weighted by Gasteiger charge is -2.33. The minimum absolute atomic E-state index is 0.00998. The zero-order valence-corrected chi connectivity index (χ0v) is 17.2. The molecule has 8 nitrogen and oxygen atoms in total. The number of nitrogens with one attached hydrogen (secondary N) is 1. The maximum absolute atomic E-state index is 13.6. The molecule has 1 saturated carbocycles. The molecule has 4 rings (SSSR count). The molecule has 2 aromatic carbocycles. The standard InChI is InChI=1S/C23H25N3O5/c1-2-12-25(17-10-4-3-5-11-17)22(23(27)24-16-8-6-7-9-16)18-13-20-21(31-15-30-20)14-19(18)26(28)29/h2-5,10-11,13-14,16,22H,1,6-9,12,15H2,(H,24,27). The molecule has 1 N–H and O–H groups in total. The number of anilines is 1. The molecule has 2 aliphatic rings. The fourth-order valence-corrected chi connectivity index (χ4v) is 4.24. The number of para-hydroxylation sites is 1. The first-order valence-electron chi connectivity index (χ1n) is 10.4. The summed E-state index contributed by atoms with van der Waals surface area (Å²) >= 11 is 0. The third kappa shape index (κ3) is 4.33. The van der Waals surface area contributed by atoms with Crippen molar-refractivity contribution in [1.82, 2.24) is 5.32 Å². The highest BCUT2D eigenvalue weighted by atomic mass is 16.7. The van der Waals surface area contributed by atoms with Gasteiger partial charge in [0, 0.05) is 18.3 Å². The fraction of sp³-hybridized carbons (Fsp3) is 0.348. The van der Waals surface area contributed by atoms with Gasteiger partial charge in [-0.25, -0.2) is 0 Å². The highest BCUT2D eigenvalue weighted by Crippen LogP contribution is 2.42. The monoisotopic (exact) mass is 423 g/mol. The molecule has 1 aliphatic heterocycles. The lowest BCUT2D eigenvalue weighted by Crippen LogP contribution is -2.44. The van der Waals surface area contributed by atoms with Crippen molar-refractivity contribution in [1.29, 1.82) is 0 Å². The van der Waals surface area contributed by atoms with Crippen LogP contribution in [0, 0.1) is 10.1 Å². The molecule has 2 aromatic rings. The Morgan fingerprint density at radius 3 is 2.55 bits per heavy atom. The van der Waals surface area contributed by atoms with Crippen molar-refractivity contribution in [2.24, 2.45) is 0 Å². The van der Waals surface area contributed by atoms with E-state index in [-0.39, 0.29) is 30.0 Å². The summed E-state index contributed by atoms with van der Waals surface area (Å²) in [6.07, 6.45) is 5.63. The number of hydrogen-bond acceptors (Lipinski definition) is 6. The average molecular weight is 423 g/mol. The first-order chi connectivity index (χ1) is 15.1. The normalized spacial score (nSPS) is 16.0. The molecule has 1 atom stereocenters. The van der Waals surface area contributed by atoms with Gasteiger partial charge in [-0.3, -0.25) is 14.9 Å². The molecule has 162 valence electrons. The predicted molar refractivity (Wildman–Crippen MR) is 116 cm³/mol. The number of benzene rings is 2. The van der Waals surface area contributed by atoms with E-state index in [2.05, 4.69) is 11.9 Å². The van der Waals surface area contributed by atoms with E-state index < -0.39 is 11.0 Å². The van der Waals surface area contributed by atoms with Gasteiger partial charge >= 0.3 is 0 Å². The van der Waals surface area contributed by atoms with E-state index in [4.69, 9.17) is 9.47 Å². The highest BCUT2D eigenvalue weighted by Gasteiger charge is 2.37. The van der Waals surface area contributed by atoms with Crippen LogP contribution in [0.25, 0.3) is 0 Å². The first-order valence-corrected chi connectivity index (χ1v) is 10.4. The Balaban J connectivity index is 1.82. The number of carbonyl (C=O) groups excluding carboxylic acids is 1. The van der Waals surface area contributed by atoms with E-state index in [1.165, 1.54) is 6.07 Å². The molecule has 0 radical (unpaired) electrons. The lowest BCUT2D eigenvalue weighted by molar-refractivity contribution is -0.385. The quantitative estimate of drug-likeness (QED) is 0.390. The van der Waals surface area contributed by atoms with Crippen LogP contribution < -0.4 is 19.7 Å². The first kappa shape index (κ1) is 20.7. The molecular weight excluding hydrogens is 398 g/mol. The van der Waals surface area contributed by atoms with Gasteiger partial charge in [0.05, 0.1) is 16.6 Å². The van der Waals surface area contributed by atoms with Crippen molar-refractivity contribution in [2.45, 2.75) is 37.8 Å². The van der Waals surface area contributed by atoms with E-state index in [0.29, 0.717) is 18.0 Å². The van der Waals surface area contributed by atoms with Gasteiger partial charge in [0.15, 0.2) is 11.5 Å². The van der Waals surface area contributed by atoms with Crippen molar-refractivity contribution in [3.63, 3.8) is 0 Å². The Hall–Kier alpha value is -3.55. The number of nitro benzene ring substituents is 1. The summed E-state index contributed by atoms with van der Waals surface area (Å²) in [5.74, 6) is 0.422. The Bertz CT molecular complexity index is 973. The van der Waals surface area contributed by atoms with Crippen LogP contribution in [0.5, 0.6) is 11.5 Å². The van der Waals surface area contributed by atoms with E-state index in [9.17, 15) is 14.9 Å². The van der Waals surface area contributed by atoms with Crippen LogP contribution >= 0.6 is 0 Å². The summed E-state index contributed by atoms with van der Waals surface area (Å²) < 4.78 is 10.8. The van der Waals surface area contributed by atoms with Gasteiger partial charge in [0.25, 0.3) is 5.69 Å². The van der Waals surface area contributed by atoms with Gasteiger partial charge in [-0.1, -0.05) is 37.1 Å². The second-order valence-corrected chi connectivity index (χ2v) is 7.69. The molecule has 0 saturated heterocycles. The molecule has 1 aliphatic carbocycles. The summed E-state index contributed by atoms with van der Waals surface area (Å²) in [5.41, 5.74) is 0.845. The third-order valence-electron chi connectivity index (χ3n) is 5.69. The van der Waals surface area contributed by atoms with Crippen LogP contribution in [0.1, 0.15) is 37.3 Å². The Morgan fingerprint density at radius 2 is 1.90 bits per heavy atom. The maximum atomic E-state index is 13.6. The van der Waals surface area contributed by atoms with Crippen LogP contribution in [0.15, 0.2) is 55.1 Å². The lowest BCUT2D eigenvalue weighted by atomic mass is 9.99. The van der Waals surface area contributed by atoms with E-state index in [1.807, 2.05) is 35.2 Å². The van der Waals surface area contributed by atoms with Crippen molar-refractivity contribution in [3.8, 4) is 11.5 Å². The second kappa shape index (κ2) is 9.07. The van der Waals surface area contributed by atoms with E-state index in [1.54, 1.807) is 12.1 Å². The number of hydrogen-bond donors (Lipinski definition) is 1. The molecule has 0 aromatic heterocycles. The topological polar surface area (TPSA) is 93.9 Å². The summed E-state index contributed by atoms with van der Waals surface area (Å²) in [5, 5.41) is 15.1. The van der Waals surface area contributed by atoms with Crippen LogP contribution in [-0.4, -0.2) is 30.2 Å². The Morgan fingerprint density at radius 1 is 1.23 bits per heavy atom. The number of rotatable bonds is 8. The molecule has 8 heteroatoms. The maximum Gasteiger partial charge on any atom is 0.279 e. The average Bonchev–Trinajstić information content (AvgIpc) is 3.44. The summed E-state index contributed by atoms with van der Waals surface area (Å²) in [6.45, 7) is 4.15. The minimum atomic E-state index is -0.934. The zero-order chi connectivity index (χ0) is 21.8. The number of nitro groups is 1. The molecule has 1 unspecified atom stereocenters. The van der Waals surface area contributed by atoms with Gasteiger partial charge in [-0.15, -0.1) is 6.58 Å². The van der Waals surface area contributed by atoms with Crippen LogP contribution in [0.2, 0.25) is 0 Å². The number of ether oxygens (including phenoxy) is 2. The fourth-order valence-electron chi connectivity index (χ4n) is 4.24. The smallest absolute Gasteiger partial charge is 0.279 e. The summed E-state index contributed by atoms with van der Waals surface area (Å²) in [7, 11) is 0. The zero-order valence-electron chi connectivity index (χ0n) is 17.2. The Labute approximate surface area is 180 Å². The van der Waals surface area contributed by atoms with Crippen molar-refractivity contribution >= 4 is 17.3 Å². The van der Waals surface area contributed by atoms with Gasteiger partial charge in [0.1, 0.15) is 6.04 Å². The molecule has 1 heterocycles. The minimum Gasteiger partial charge on any atom is -0.454 e. The SMILES string of the molecule is C=CCN(c1ccccc1)C(C(=O)NC1CCCC1)c1cc2c(cc1[N+](=O)[O-])OCO2. The molecule has 31 heavy (non-hydrogen) atoms. The van der Waals surface area contributed by atoms with Gasteiger partial charge in [-0.2, -0.15) is 0 Å².